The SMILES string of the molecule is Cc1c(-c2cccc3sc4ccccc4c23)c(-n2c3cc4ccccc4cc3c3c4c5ccccc5c5ccccc5c4ccc32)nc2c1C(C)(C)c1ccccc1-2. The number of nitrogens with zero attached hydrogens (tertiary/aromatic N) is 2. The zero-order chi connectivity index (χ0) is 38.4. The lowest BCUT2D eigenvalue weighted by Gasteiger charge is -2.26. The second-order valence-electron chi connectivity index (χ2n) is 16.6. The molecule has 3 heterocycles. The molecule has 12 aromatic rings. The highest BCUT2D eigenvalue weighted by molar-refractivity contribution is 7.25. The van der Waals surface area contributed by atoms with E-state index in [0.717, 1.165) is 11.5 Å². The molecule has 13 rings (SSSR count). The molecule has 3 aromatic heterocycles. The molecule has 1 aliphatic rings. The van der Waals surface area contributed by atoms with Crippen molar-refractivity contribution in [3.05, 3.63) is 180 Å². The first-order chi connectivity index (χ1) is 28.5. The van der Waals surface area contributed by atoms with E-state index in [2.05, 4.69) is 189 Å². The van der Waals surface area contributed by atoms with Gasteiger partial charge in [-0.05, 0) is 97.2 Å². The van der Waals surface area contributed by atoms with Crippen molar-refractivity contribution in [1.29, 1.82) is 0 Å². The van der Waals surface area contributed by atoms with E-state index in [-0.39, 0.29) is 5.41 Å². The molecule has 0 unspecified atom stereocenters. The first kappa shape index (κ1) is 32.3. The zero-order valence-electron chi connectivity index (χ0n) is 32.4. The number of aromatic nitrogens is 2. The van der Waals surface area contributed by atoms with Crippen LogP contribution in [0.1, 0.15) is 30.5 Å². The van der Waals surface area contributed by atoms with Crippen LogP contribution in [0.4, 0.5) is 0 Å². The average molecular weight is 757 g/mol. The fraction of sp³-hybridized carbons (Fsp3) is 0.0727. The van der Waals surface area contributed by atoms with Crippen LogP contribution in [-0.2, 0) is 5.41 Å². The second kappa shape index (κ2) is 11.4. The third-order valence-electron chi connectivity index (χ3n) is 13.3. The Morgan fingerprint density at radius 1 is 0.483 bits per heavy atom. The maximum Gasteiger partial charge on any atom is 0.146 e. The molecule has 0 spiro atoms. The minimum absolute atomic E-state index is 0.214. The summed E-state index contributed by atoms with van der Waals surface area (Å²) in [7, 11) is 0. The van der Waals surface area contributed by atoms with E-state index < -0.39 is 0 Å². The van der Waals surface area contributed by atoms with Gasteiger partial charge in [0, 0.05) is 52.9 Å². The Labute approximate surface area is 339 Å². The van der Waals surface area contributed by atoms with Crippen LogP contribution in [0.5, 0.6) is 0 Å². The van der Waals surface area contributed by atoms with E-state index in [1.807, 2.05) is 11.3 Å². The molecular weight excluding hydrogens is 721 g/mol. The van der Waals surface area contributed by atoms with Gasteiger partial charge in [-0.2, -0.15) is 0 Å². The predicted molar refractivity (Wildman–Crippen MR) is 249 cm³/mol. The van der Waals surface area contributed by atoms with Gasteiger partial charge < -0.3 is 0 Å². The van der Waals surface area contributed by atoms with E-state index in [1.54, 1.807) is 0 Å². The Bertz CT molecular complexity index is 3750. The summed E-state index contributed by atoms with van der Waals surface area (Å²) in [4.78, 5) is 5.98. The molecule has 0 N–H and O–H groups in total. The Morgan fingerprint density at radius 3 is 1.88 bits per heavy atom. The summed E-state index contributed by atoms with van der Waals surface area (Å²) < 4.78 is 5.12. The highest BCUT2D eigenvalue weighted by Crippen LogP contribution is 2.54. The van der Waals surface area contributed by atoms with Crippen molar-refractivity contribution >= 4 is 96.4 Å². The monoisotopic (exact) mass is 756 g/mol. The summed E-state index contributed by atoms with van der Waals surface area (Å²) in [5, 5.41) is 15.3. The Hall–Kier alpha value is -6.81. The molecule has 3 heteroatoms. The van der Waals surface area contributed by atoms with Crippen LogP contribution in [0, 0.1) is 6.92 Å². The average Bonchev–Trinajstić information content (AvgIpc) is 3.88. The molecule has 9 aromatic carbocycles. The van der Waals surface area contributed by atoms with Crippen molar-refractivity contribution in [3.63, 3.8) is 0 Å². The number of benzene rings is 9. The molecule has 58 heavy (non-hydrogen) atoms. The molecular formula is C55H36N2S. The van der Waals surface area contributed by atoms with Gasteiger partial charge >= 0.3 is 0 Å². The van der Waals surface area contributed by atoms with Crippen molar-refractivity contribution in [3.8, 4) is 28.2 Å². The molecule has 0 bridgehead atoms. The number of hydrogen-bond acceptors (Lipinski definition) is 2. The predicted octanol–water partition coefficient (Wildman–Crippen LogP) is 15.4. The highest BCUT2D eigenvalue weighted by atomic mass is 32.1. The fourth-order valence-electron chi connectivity index (χ4n) is 10.9. The third-order valence-corrected chi connectivity index (χ3v) is 14.4. The zero-order valence-corrected chi connectivity index (χ0v) is 33.2. The number of pyridine rings is 1. The normalized spacial score (nSPS) is 13.6. The first-order valence-corrected chi connectivity index (χ1v) is 21.0. The third kappa shape index (κ3) is 4.09. The summed E-state index contributed by atoms with van der Waals surface area (Å²) in [6.07, 6.45) is 0. The molecule has 0 amide bonds. The van der Waals surface area contributed by atoms with Gasteiger partial charge in [-0.25, -0.2) is 4.98 Å². The summed E-state index contributed by atoms with van der Waals surface area (Å²) >= 11 is 1.88. The van der Waals surface area contributed by atoms with Crippen molar-refractivity contribution in [1.82, 2.24) is 9.55 Å². The van der Waals surface area contributed by atoms with Crippen molar-refractivity contribution in [2.45, 2.75) is 26.2 Å². The van der Waals surface area contributed by atoms with Gasteiger partial charge in [0.1, 0.15) is 5.82 Å². The van der Waals surface area contributed by atoms with E-state index in [0.29, 0.717) is 0 Å². The number of hydrogen-bond donors (Lipinski definition) is 0. The minimum Gasteiger partial charge on any atom is -0.293 e. The standard InChI is InChI=1S/C55H36N2S/c1-31-48(41-23-14-26-47-49(41)40-22-11-13-25-46(40)58-47)54(56-53-39-21-10-12-24-43(39)55(2,3)52(31)53)57-44-28-27-38-36-19-7-6-17-34(36)35-18-8-9-20-37(35)50(38)51(44)42-29-32-15-4-5-16-33(32)30-45(42)57/h4-30H,1-3H3. The highest BCUT2D eigenvalue weighted by Gasteiger charge is 2.40. The molecule has 1 aliphatic carbocycles. The number of thiophene rings is 1. The summed E-state index contributed by atoms with van der Waals surface area (Å²) in [5.41, 5.74) is 10.8. The van der Waals surface area contributed by atoms with E-state index in [9.17, 15) is 0 Å². The lowest BCUT2D eigenvalue weighted by Crippen LogP contribution is -2.18. The van der Waals surface area contributed by atoms with Gasteiger partial charge in [-0.3, -0.25) is 4.57 Å². The van der Waals surface area contributed by atoms with Gasteiger partial charge in [-0.15, -0.1) is 11.3 Å². The van der Waals surface area contributed by atoms with Crippen LogP contribution in [0.3, 0.4) is 0 Å². The molecule has 0 atom stereocenters. The van der Waals surface area contributed by atoms with Crippen LogP contribution in [0.2, 0.25) is 0 Å². The minimum atomic E-state index is -0.214. The van der Waals surface area contributed by atoms with Crippen LogP contribution in [-0.4, -0.2) is 9.55 Å². The fourth-order valence-corrected chi connectivity index (χ4v) is 12.0. The topological polar surface area (TPSA) is 17.8 Å². The quantitative estimate of drug-likeness (QED) is 0.161. The molecule has 272 valence electrons. The maximum absolute atomic E-state index is 5.98. The van der Waals surface area contributed by atoms with Crippen LogP contribution in [0.15, 0.2) is 164 Å². The first-order valence-electron chi connectivity index (χ1n) is 20.2. The van der Waals surface area contributed by atoms with Gasteiger partial charge in [0.25, 0.3) is 0 Å². The summed E-state index contributed by atoms with van der Waals surface area (Å²) in [6, 6.07) is 60.9. The largest absolute Gasteiger partial charge is 0.293 e. The van der Waals surface area contributed by atoms with E-state index >= 15 is 0 Å². The maximum atomic E-state index is 5.98. The van der Waals surface area contributed by atoms with Crippen molar-refractivity contribution in [2.75, 3.05) is 0 Å². The molecule has 2 nitrogen and oxygen atoms in total. The van der Waals surface area contributed by atoms with Crippen molar-refractivity contribution < 1.29 is 0 Å². The Morgan fingerprint density at radius 2 is 1.09 bits per heavy atom. The van der Waals surface area contributed by atoms with Crippen LogP contribution in [0.25, 0.3) is 113 Å². The smallest absolute Gasteiger partial charge is 0.146 e. The van der Waals surface area contributed by atoms with Crippen LogP contribution < -0.4 is 0 Å². The van der Waals surface area contributed by atoms with Crippen LogP contribution >= 0.6 is 11.3 Å². The summed E-state index contributed by atoms with van der Waals surface area (Å²) in [5.74, 6) is 0.978. The Balaban J connectivity index is 1.28. The molecule has 0 aliphatic heterocycles. The van der Waals surface area contributed by atoms with Gasteiger partial charge in [0.15, 0.2) is 0 Å². The van der Waals surface area contributed by atoms with Crippen molar-refractivity contribution in [2.24, 2.45) is 0 Å². The summed E-state index contributed by atoms with van der Waals surface area (Å²) in [6.45, 7) is 7.12. The van der Waals surface area contributed by atoms with E-state index in [1.165, 1.54) is 118 Å². The molecule has 0 radical (unpaired) electrons. The number of rotatable bonds is 2. The molecule has 0 fully saturated rings. The lowest BCUT2D eigenvalue weighted by atomic mass is 9.79. The van der Waals surface area contributed by atoms with Gasteiger partial charge in [-0.1, -0.05) is 147 Å². The van der Waals surface area contributed by atoms with Gasteiger partial charge in [0.2, 0.25) is 0 Å². The second-order valence-corrected chi connectivity index (χ2v) is 17.7. The Kier molecular flexibility index (Phi) is 6.35. The molecule has 0 saturated heterocycles. The van der Waals surface area contributed by atoms with Gasteiger partial charge in [0.05, 0.1) is 16.7 Å². The number of fused-ring (bicyclic) bond motifs is 17. The van der Waals surface area contributed by atoms with E-state index in [4.69, 9.17) is 4.98 Å². The molecule has 0 saturated carbocycles. The lowest BCUT2D eigenvalue weighted by molar-refractivity contribution is 0.654.